The van der Waals surface area contributed by atoms with Crippen LogP contribution in [0.4, 0.5) is 0 Å². The van der Waals surface area contributed by atoms with E-state index in [0.717, 1.165) is 0 Å². The summed E-state index contributed by atoms with van der Waals surface area (Å²) in [6.07, 6.45) is 6.03. The molecule has 0 spiro atoms. The van der Waals surface area contributed by atoms with Crippen LogP contribution < -0.4 is 21.3 Å². The van der Waals surface area contributed by atoms with Gasteiger partial charge < -0.3 is 45.5 Å². The topological polar surface area (TPSA) is 321 Å². The highest BCUT2D eigenvalue weighted by molar-refractivity contribution is 6.44. The molecule has 4 fully saturated rings. The van der Waals surface area contributed by atoms with Crippen molar-refractivity contribution in [2.75, 3.05) is 19.6 Å². The van der Waals surface area contributed by atoms with Gasteiger partial charge in [-0.05, 0) is 94.3 Å². The molecular formula is C50H75BN4O17. The standard InChI is InChI=1S/C50H75BN4O17/c1-29(2)40(49(67)55-30(3)48(66)39-5-4-6-41(39)51(68)69)25-38(59)28-54-44(62)20-17-37(58)27-53-43(61)19-16-36(57)26-52-42(60)18-15-35(56)21-31-7-9-32-11-13-34-14-12-33(10-8-31)23-46(64)71-50(70-45(63)22-32)72-47(65)24-34/h29-34,39-41,50,68-69H,4-28H2,1-3H3,(H,52,60)(H,53,61)(H,54,62)(H,55,67)/t30-,31?,32?,33?,34?,39?,40+,41-,50?/m1/s1. The summed E-state index contributed by atoms with van der Waals surface area (Å²) in [4.78, 5) is 152. The lowest BCUT2D eigenvalue weighted by Crippen LogP contribution is -2.46. The van der Waals surface area contributed by atoms with Crippen molar-refractivity contribution in [1.29, 1.82) is 0 Å². The van der Waals surface area contributed by atoms with Gasteiger partial charge in [-0.1, -0.05) is 26.7 Å². The number of hydrogen-bond donors (Lipinski definition) is 6. The van der Waals surface area contributed by atoms with E-state index < -0.39 is 109 Å². The van der Waals surface area contributed by atoms with Crippen LogP contribution in [0.25, 0.3) is 0 Å². The number of esters is 3. The average molecular weight is 1010 g/mol. The van der Waals surface area contributed by atoms with E-state index in [9.17, 15) is 67.6 Å². The van der Waals surface area contributed by atoms with E-state index in [0.29, 0.717) is 70.6 Å². The number of hydrogen-bond acceptors (Lipinski definition) is 17. The maximum atomic E-state index is 13.2. The third-order valence-electron chi connectivity index (χ3n) is 14.5. The lowest BCUT2D eigenvalue weighted by molar-refractivity contribution is -0.258. The largest absolute Gasteiger partial charge is 0.455 e. The molecule has 0 aromatic heterocycles. The summed E-state index contributed by atoms with van der Waals surface area (Å²) in [5.74, 6) is -8.34. The third-order valence-corrected chi connectivity index (χ3v) is 14.5. The molecule has 400 valence electrons. The number of nitrogens with one attached hydrogen (secondary N) is 4. The van der Waals surface area contributed by atoms with Crippen LogP contribution in [0.5, 0.6) is 0 Å². The maximum absolute atomic E-state index is 13.2. The van der Waals surface area contributed by atoms with Crippen LogP contribution in [0.15, 0.2) is 0 Å². The normalized spacial score (nSPS) is 24.5. The summed E-state index contributed by atoms with van der Waals surface area (Å²) in [6, 6.07) is -0.902. The summed E-state index contributed by atoms with van der Waals surface area (Å²) >= 11 is 0. The van der Waals surface area contributed by atoms with Gasteiger partial charge in [-0.3, -0.25) is 57.5 Å². The molecule has 2 saturated carbocycles. The number of Topliss-reactive ketones (excluding diaryl/α,β-unsaturated/α-hetero) is 5. The zero-order valence-corrected chi connectivity index (χ0v) is 42.0. The molecule has 6 atom stereocenters. The van der Waals surface area contributed by atoms with Crippen LogP contribution >= 0.6 is 0 Å². The quantitative estimate of drug-likeness (QED) is 0.0565. The monoisotopic (exact) mass is 1010 g/mol. The molecule has 4 rings (SSSR count). The Balaban J connectivity index is 1.08. The van der Waals surface area contributed by atoms with Gasteiger partial charge in [0.1, 0.15) is 5.78 Å². The molecular weight excluding hydrogens is 939 g/mol. The minimum absolute atomic E-state index is 0.0286. The second-order valence-electron chi connectivity index (χ2n) is 20.6. The zero-order valence-electron chi connectivity index (χ0n) is 42.0. The summed E-state index contributed by atoms with van der Waals surface area (Å²) < 4.78 is 15.7. The van der Waals surface area contributed by atoms with Gasteiger partial charge in [-0.25, -0.2) is 0 Å². The number of carbonyl (C=O) groups is 12. The Hall–Kier alpha value is -5.38. The maximum Gasteiger partial charge on any atom is 0.455 e. The molecule has 4 amide bonds. The van der Waals surface area contributed by atoms with Gasteiger partial charge >= 0.3 is 31.5 Å². The van der Waals surface area contributed by atoms with E-state index >= 15 is 0 Å². The Morgan fingerprint density at radius 2 is 0.972 bits per heavy atom. The van der Waals surface area contributed by atoms with Gasteiger partial charge in [0.15, 0.2) is 23.1 Å². The van der Waals surface area contributed by atoms with Crippen LogP contribution in [0.2, 0.25) is 5.82 Å². The Bertz CT molecular complexity index is 1940. The molecule has 2 aliphatic carbocycles. The first-order chi connectivity index (χ1) is 34.1. The second kappa shape index (κ2) is 30.0. The fourth-order valence-electron chi connectivity index (χ4n) is 10.1. The van der Waals surface area contributed by atoms with Crippen LogP contribution in [0.1, 0.15) is 162 Å². The van der Waals surface area contributed by atoms with E-state index in [2.05, 4.69) is 21.3 Å². The third kappa shape index (κ3) is 21.4. The first-order valence-corrected chi connectivity index (χ1v) is 25.8. The van der Waals surface area contributed by atoms with Gasteiger partial charge in [-0.15, -0.1) is 0 Å². The fraction of sp³-hybridized carbons (Fsp3) is 0.760. The van der Waals surface area contributed by atoms with Crippen molar-refractivity contribution in [2.24, 2.45) is 41.4 Å². The smallest absolute Gasteiger partial charge is 0.427 e. The van der Waals surface area contributed by atoms with Crippen molar-refractivity contribution in [1.82, 2.24) is 21.3 Å². The van der Waals surface area contributed by atoms with Crippen LogP contribution in [-0.2, 0) is 71.7 Å². The number of fused-ring (bicyclic) bond motifs is 7. The lowest BCUT2D eigenvalue weighted by Gasteiger charge is -2.27. The Labute approximate surface area is 421 Å². The van der Waals surface area contributed by atoms with E-state index in [-0.39, 0.29) is 118 Å². The van der Waals surface area contributed by atoms with Gasteiger partial charge in [0.05, 0.1) is 25.7 Å². The molecule has 0 radical (unpaired) electrons. The molecule has 72 heavy (non-hydrogen) atoms. The number of ether oxygens (including phenoxy) is 3. The first kappa shape index (κ1) is 59.2. The van der Waals surface area contributed by atoms with Gasteiger partial charge in [-0.2, -0.15) is 0 Å². The minimum Gasteiger partial charge on any atom is -0.427 e. The predicted molar refractivity (Wildman–Crippen MR) is 255 cm³/mol. The highest BCUT2D eigenvalue weighted by atomic mass is 16.9. The molecule has 4 aliphatic rings. The molecule has 2 saturated heterocycles. The van der Waals surface area contributed by atoms with E-state index in [1.54, 1.807) is 13.8 Å². The van der Waals surface area contributed by atoms with Crippen LogP contribution in [0.3, 0.4) is 0 Å². The van der Waals surface area contributed by atoms with Crippen molar-refractivity contribution in [3.63, 3.8) is 0 Å². The minimum atomic E-state index is -1.71. The molecule has 2 aliphatic heterocycles. The van der Waals surface area contributed by atoms with Gasteiger partial charge in [0.25, 0.3) is 0 Å². The van der Waals surface area contributed by atoms with E-state index in [4.69, 9.17) is 14.2 Å². The number of carbonyl (C=O) groups excluding carboxylic acids is 12. The molecule has 4 bridgehead atoms. The van der Waals surface area contributed by atoms with Crippen LogP contribution in [0, 0.1) is 41.4 Å². The molecule has 21 nitrogen and oxygen atoms in total. The molecule has 6 N–H and O–H groups in total. The summed E-state index contributed by atoms with van der Waals surface area (Å²) in [6.45, 7) is 2.14. The Kier molecular flexibility index (Phi) is 24.6. The Morgan fingerprint density at radius 1 is 0.556 bits per heavy atom. The number of ketones is 5. The number of rotatable bonds is 25. The van der Waals surface area contributed by atoms with Crippen molar-refractivity contribution in [3.05, 3.63) is 0 Å². The highest BCUT2D eigenvalue weighted by Gasteiger charge is 2.42. The average Bonchev–Trinajstić information content (AvgIpc) is 3.81. The van der Waals surface area contributed by atoms with Crippen molar-refractivity contribution in [3.8, 4) is 0 Å². The first-order valence-electron chi connectivity index (χ1n) is 25.8. The van der Waals surface area contributed by atoms with Crippen molar-refractivity contribution in [2.45, 2.75) is 180 Å². The van der Waals surface area contributed by atoms with Crippen LogP contribution in [-0.4, -0.2) is 120 Å². The SMILES string of the molecule is CC(C)[C@H](CC(=O)CNC(=O)CCC(=O)CNC(=O)CCC(=O)CNC(=O)CCC(=O)CC1CCC2CCC3CCC(CC1)CC(=O)OC(OC(=O)C2)OC(=O)C3)C(=O)N[C@H](C)C(=O)C1CCC[C@H]1B(O)O. The van der Waals surface area contributed by atoms with Crippen molar-refractivity contribution < 1.29 is 81.8 Å². The molecule has 2 heterocycles. The van der Waals surface area contributed by atoms with Gasteiger partial charge in [0, 0.05) is 88.3 Å². The van der Waals surface area contributed by atoms with E-state index in [1.807, 2.05) is 0 Å². The summed E-state index contributed by atoms with van der Waals surface area (Å²) in [5, 5.41) is 29.2. The second-order valence-corrected chi connectivity index (χ2v) is 20.6. The lowest BCUT2D eigenvalue weighted by atomic mass is 9.65. The molecule has 0 aromatic rings. The highest BCUT2D eigenvalue weighted by Crippen LogP contribution is 2.39. The predicted octanol–water partition coefficient (Wildman–Crippen LogP) is 2.43. The van der Waals surface area contributed by atoms with Crippen molar-refractivity contribution >= 4 is 77.6 Å². The summed E-state index contributed by atoms with van der Waals surface area (Å²) in [5.41, 5.74) is 0. The molecule has 22 heteroatoms. The Morgan fingerprint density at radius 3 is 1.40 bits per heavy atom. The summed E-state index contributed by atoms with van der Waals surface area (Å²) in [7, 11) is -1.63. The molecule has 3 unspecified atom stereocenters. The zero-order chi connectivity index (χ0) is 52.9. The number of amides is 4. The van der Waals surface area contributed by atoms with E-state index in [1.165, 1.54) is 6.92 Å². The molecule has 0 aromatic carbocycles. The fourth-order valence-corrected chi connectivity index (χ4v) is 10.1. The van der Waals surface area contributed by atoms with Gasteiger partial charge in [0.2, 0.25) is 23.6 Å².